The van der Waals surface area contributed by atoms with Crippen molar-refractivity contribution in [1.82, 2.24) is 14.8 Å². The molecule has 0 saturated carbocycles. The molecule has 1 aliphatic heterocycles. The second-order valence-corrected chi connectivity index (χ2v) is 7.35. The Morgan fingerprint density at radius 2 is 1.86 bits per heavy atom. The van der Waals surface area contributed by atoms with Gasteiger partial charge in [-0.2, -0.15) is 4.98 Å². The number of halogens is 1. The van der Waals surface area contributed by atoms with Gasteiger partial charge in [-0.05, 0) is 29.3 Å². The van der Waals surface area contributed by atoms with Crippen molar-refractivity contribution in [2.24, 2.45) is 5.92 Å². The van der Waals surface area contributed by atoms with E-state index in [9.17, 15) is 4.79 Å². The fourth-order valence-electron chi connectivity index (χ4n) is 2.98. The van der Waals surface area contributed by atoms with Crippen LogP contribution in [0.4, 0.5) is 11.9 Å². The lowest BCUT2D eigenvalue weighted by Crippen LogP contribution is -2.20. The van der Waals surface area contributed by atoms with E-state index >= 15 is 0 Å². The predicted molar refractivity (Wildman–Crippen MR) is 111 cm³/mol. The van der Waals surface area contributed by atoms with E-state index in [1.165, 1.54) is 0 Å². The van der Waals surface area contributed by atoms with E-state index in [-0.39, 0.29) is 23.8 Å². The molecule has 2 aromatic carbocycles. The average molecular weight is 394 g/mol. The minimum Gasteiger partial charge on any atom is -0.324 e. The number of carbonyl (C=O) groups is 1. The summed E-state index contributed by atoms with van der Waals surface area (Å²) in [7, 11) is 0. The van der Waals surface area contributed by atoms with Gasteiger partial charge in [-0.1, -0.05) is 67.9 Å². The van der Waals surface area contributed by atoms with Crippen LogP contribution in [0.15, 0.2) is 60.7 Å². The third-order valence-corrected chi connectivity index (χ3v) is 4.77. The predicted octanol–water partition coefficient (Wildman–Crippen LogP) is 4.58. The average Bonchev–Trinajstić information content (AvgIpc) is 3.11. The summed E-state index contributed by atoms with van der Waals surface area (Å²) < 4.78 is 1.77. The van der Waals surface area contributed by atoms with Gasteiger partial charge >= 0.3 is 0 Å². The van der Waals surface area contributed by atoms with Crippen LogP contribution >= 0.6 is 11.6 Å². The Kier molecular flexibility index (Phi) is 4.88. The second-order valence-electron chi connectivity index (χ2n) is 6.92. The van der Waals surface area contributed by atoms with Crippen molar-refractivity contribution in [1.29, 1.82) is 0 Å². The highest BCUT2D eigenvalue weighted by atomic mass is 35.5. The summed E-state index contributed by atoms with van der Waals surface area (Å²) in [4.78, 5) is 16.5. The van der Waals surface area contributed by atoms with Crippen LogP contribution in [0.2, 0.25) is 5.02 Å². The quantitative estimate of drug-likeness (QED) is 0.680. The molecule has 1 atom stereocenters. The lowest BCUT2D eigenvalue weighted by molar-refractivity contribution is -0.118. The number of nitrogens with zero attached hydrogens (tertiary/aromatic N) is 3. The topological polar surface area (TPSA) is 71.8 Å². The Hall–Kier alpha value is -3.12. The second kappa shape index (κ2) is 7.48. The normalized spacial score (nSPS) is 15.6. The van der Waals surface area contributed by atoms with E-state index in [4.69, 9.17) is 11.6 Å². The van der Waals surface area contributed by atoms with Gasteiger partial charge < -0.3 is 5.32 Å². The number of hydrogen-bond acceptors (Lipinski definition) is 4. The van der Waals surface area contributed by atoms with Crippen molar-refractivity contribution in [3.05, 3.63) is 76.8 Å². The number of hydrogen-bond donors (Lipinski definition) is 2. The first-order valence-electron chi connectivity index (χ1n) is 9.08. The zero-order valence-corrected chi connectivity index (χ0v) is 16.3. The first-order chi connectivity index (χ1) is 13.5. The largest absolute Gasteiger partial charge is 0.324 e. The minimum atomic E-state index is -0.180. The van der Waals surface area contributed by atoms with E-state index in [0.717, 1.165) is 16.8 Å². The number of anilines is 2. The molecule has 0 bridgehead atoms. The summed E-state index contributed by atoms with van der Waals surface area (Å²) in [5.74, 6) is 0.573. The molecule has 7 heteroatoms. The Labute approximate surface area is 168 Å². The Balaban J connectivity index is 1.75. The van der Waals surface area contributed by atoms with Crippen LogP contribution in [0.5, 0.6) is 0 Å². The number of benzene rings is 2. The number of fused-ring (bicyclic) bond motifs is 1. The molecule has 1 aliphatic rings. The Bertz CT molecular complexity index is 1020. The van der Waals surface area contributed by atoms with Crippen molar-refractivity contribution in [2.75, 3.05) is 10.6 Å². The minimum absolute atomic E-state index is 0.123. The SMILES string of the molecule is CC(C)C(=O)Nc1nc2n(n1)[C@H](c1ccc(Cl)cc1)C=C(c1ccccc1)N2. The van der Waals surface area contributed by atoms with E-state index < -0.39 is 0 Å². The molecule has 2 N–H and O–H groups in total. The van der Waals surface area contributed by atoms with Crippen LogP contribution in [0.3, 0.4) is 0 Å². The fourth-order valence-corrected chi connectivity index (χ4v) is 3.11. The van der Waals surface area contributed by atoms with Gasteiger partial charge in [0.05, 0.1) is 0 Å². The molecule has 0 aliphatic carbocycles. The van der Waals surface area contributed by atoms with Crippen LogP contribution in [0.25, 0.3) is 5.70 Å². The summed E-state index contributed by atoms with van der Waals surface area (Å²) in [6.07, 6.45) is 2.09. The maximum absolute atomic E-state index is 12.1. The molecule has 0 saturated heterocycles. The highest BCUT2D eigenvalue weighted by Gasteiger charge is 2.26. The Morgan fingerprint density at radius 3 is 2.54 bits per heavy atom. The molecule has 142 valence electrons. The molecule has 0 unspecified atom stereocenters. The molecular formula is C21H20ClN5O. The third-order valence-electron chi connectivity index (χ3n) is 4.52. The molecule has 3 aromatic rings. The summed E-state index contributed by atoms with van der Waals surface area (Å²) in [6, 6.07) is 17.5. The third kappa shape index (κ3) is 3.64. The van der Waals surface area contributed by atoms with Gasteiger partial charge in [0.25, 0.3) is 5.95 Å². The number of aromatic nitrogens is 3. The lowest BCUT2D eigenvalue weighted by atomic mass is 10.0. The first kappa shape index (κ1) is 18.3. The molecule has 0 fully saturated rings. The molecule has 4 rings (SSSR count). The number of amides is 1. The van der Waals surface area contributed by atoms with Crippen molar-refractivity contribution in [3.8, 4) is 0 Å². The van der Waals surface area contributed by atoms with Gasteiger partial charge in [-0.25, -0.2) is 4.68 Å². The molecule has 28 heavy (non-hydrogen) atoms. The maximum atomic E-state index is 12.1. The molecule has 6 nitrogen and oxygen atoms in total. The number of nitrogens with one attached hydrogen (secondary N) is 2. The van der Waals surface area contributed by atoms with E-state index in [2.05, 4.69) is 26.8 Å². The number of carbonyl (C=O) groups excluding carboxylic acids is 1. The van der Waals surface area contributed by atoms with Crippen LogP contribution in [-0.4, -0.2) is 20.7 Å². The zero-order chi connectivity index (χ0) is 19.7. The molecular weight excluding hydrogens is 374 g/mol. The summed E-state index contributed by atoms with van der Waals surface area (Å²) >= 11 is 6.06. The standard InChI is InChI=1S/C21H20ClN5O/c1-13(2)19(28)24-20-25-21-23-17(14-6-4-3-5-7-14)12-18(27(21)26-20)15-8-10-16(22)11-9-15/h3-13,18H,1-2H3,(H2,23,24,25,26,28)/t18-/m0/s1. The van der Waals surface area contributed by atoms with Crippen LogP contribution in [-0.2, 0) is 4.79 Å². The maximum Gasteiger partial charge on any atom is 0.250 e. The highest BCUT2D eigenvalue weighted by Crippen LogP contribution is 2.33. The number of rotatable bonds is 4. The highest BCUT2D eigenvalue weighted by molar-refractivity contribution is 6.30. The summed E-state index contributed by atoms with van der Waals surface area (Å²) in [6.45, 7) is 3.66. The number of allylic oxidation sites excluding steroid dienone is 1. The molecule has 0 spiro atoms. The van der Waals surface area contributed by atoms with E-state index in [1.807, 2.05) is 68.4 Å². The van der Waals surface area contributed by atoms with E-state index in [1.54, 1.807) is 4.68 Å². The molecule has 0 radical (unpaired) electrons. The van der Waals surface area contributed by atoms with Crippen molar-refractivity contribution in [2.45, 2.75) is 19.9 Å². The molecule has 1 amide bonds. The fraction of sp³-hybridized carbons (Fsp3) is 0.190. The van der Waals surface area contributed by atoms with Gasteiger partial charge in [-0.3, -0.25) is 10.1 Å². The monoisotopic (exact) mass is 393 g/mol. The van der Waals surface area contributed by atoms with Crippen molar-refractivity contribution < 1.29 is 4.79 Å². The summed E-state index contributed by atoms with van der Waals surface area (Å²) in [5, 5.41) is 11.3. The lowest BCUT2D eigenvalue weighted by Gasteiger charge is -2.24. The molecule has 2 heterocycles. The van der Waals surface area contributed by atoms with Crippen LogP contribution < -0.4 is 10.6 Å². The molecule has 1 aromatic heterocycles. The van der Waals surface area contributed by atoms with Gasteiger partial charge in [0, 0.05) is 16.6 Å². The smallest absolute Gasteiger partial charge is 0.250 e. The van der Waals surface area contributed by atoms with Gasteiger partial charge in [0.1, 0.15) is 6.04 Å². The summed E-state index contributed by atoms with van der Waals surface area (Å²) in [5.41, 5.74) is 3.00. The van der Waals surface area contributed by atoms with E-state index in [0.29, 0.717) is 11.0 Å². The van der Waals surface area contributed by atoms with Gasteiger partial charge in [-0.15, -0.1) is 5.10 Å². The van der Waals surface area contributed by atoms with Crippen molar-refractivity contribution in [3.63, 3.8) is 0 Å². The van der Waals surface area contributed by atoms with Crippen LogP contribution in [0.1, 0.15) is 31.0 Å². The van der Waals surface area contributed by atoms with Crippen molar-refractivity contribution >= 4 is 35.1 Å². The first-order valence-corrected chi connectivity index (χ1v) is 9.46. The Morgan fingerprint density at radius 1 is 1.14 bits per heavy atom. The van der Waals surface area contributed by atoms with Gasteiger partial charge in [0.2, 0.25) is 11.9 Å². The van der Waals surface area contributed by atoms with Crippen LogP contribution in [0, 0.1) is 5.92 Å². The van der Waals surface area contributed by atoms with Gasteiger partial charge in [0.15, 0.2) is 0 Å². The zero-order valence-electron chi connectivity index (χ0n) is 15.6.